The van der Waals surface area contributed by atoms with E-state index in [1.54, 1.807) is 11.0 Å². The maximum absolute atomic E-state index is 12.8. The predicted molar refractivity (Wildman–Crippen MR) is 88.8 cm³/mol. The van der Waals surface area contributed by atoms with Gasteiger partial charge in [-0.25, -0.2) is 13.4 Å². The molecule has 0 atom stereocenters. The number of piperazine rings is 1. The van der Waals surface area contributed by atoms with Crippen LogP contribution in [0, 0.1) is 5.41 Å². The fourth-order valence-corrected chi connectivity index (χ4v) is 4.19. The minimum absolute atomic E-state index is 0.0441. The van der Waals surface area contributed by atoms with Crippen LogP contribution in [-0.2, 0) is 14.8 Å². The van der Waals surface area contributed by atoms with Gasteiger partial charge in [-0.15, -0.1) is 0 Å². The molecule has 0 saturated carbocycles. The van der Waals surface area contributed by atoms with E-state index < -0.39 is 15.4 Å². The standard InChI is InChI=1S/C16H21N3O4S/c1-16(2,3)15(20)18-6-8-19(9-7-18)24(21,22)12-4-5-13-14(10-12)23-11-17-13/h4-5,10-11H,6-9H2,1-3H3. The monoisotopic (exact) mass is 351 g/mol. The maximum atomic E-state index is 12.8. The van der Waals surface area contributed by atoms with E-state index in [-0.39, 0.29) is 10.8 Å². The van der Waals surface area contributed by atoms with E-state index in [4.69, 9.17) is 4.42 Å². The Labute approximate surface area is 141 Å². The lowest BCUT2D eigenvalue weighted by atomic mass is 9.94. The van der Waals surface area contributed by atoms with Crippen LogP contribution in [0.1, 0.15) is 20.8 Å². The second-order valence-corrected chi connectivity index (χ2v) is 8.87. The van der Waals surface area contributed by atoms with Gasteiger partial charge in [0.25, 0.3) is 0 Å². The Bertz CT molecular complexity index is 859. The normalized spacial score (nSPS) is 17.4. The zero-order valence-electron chi connectivity index (χ0n) is 14.0. The van der Waals surface area contributed by atoms with Gasteiger partial charge in [0.05, 0.1) is 4.90 Å². The van der Waals surface area contributed by atoms with Gasteiger partial charge in [-0.2, -0.15) is 4.31 Å². The molecule has 1 fully saturated rings. The molecule has 0 bridgehead atoms. The van der Waals surface area contributed by atoms with Gasteiger partial charge >= 0.3 is 0 Å². The van der Waals surface area contributed by atoms with Gasteiger partial charge in [0.2, 0.25) is 15.9 Å². The molecule has 1 aliphatic rings. The topological polar surface area (TPSA) is 83.7 Å². The average molecular weight is 351 g/mol. The van der Waals surface area contributed by atoms with Crippen molar-refractivity contribution in [3.63, 3.8) is 0 Å². The summed E-state index contributed by atoms with van der Waals surface area (Å²) in [6.45, 7) is 6.98. The lowest BCUT2D eigenvalue weighted by Gasteiger charge is -2.37. The number of carbonyl (C=O) groups excluding carboxylic acids is 1. The minimum Gasteiger partial charge on any atom is -0.443 e. The van der Waals surface area contributed by atoms with Gasteiger partial charge in [0, 0.05) is 37.7 Å². The Morgan fingerprint density at radius 1 is 1.17 bits per heavy atom. The third kappa shape index (κ3) is 3.03. The molecular weight excluding hydrogens is 330 g/mol. The van der Waals surface area contributed by atoms with Crippen LogP contribution in [0.2, 0.25) is 0 Å². The summed E-state index contributed by atoms with van der Waals surface area (Å²) in [7, 11) is -3.61. The van der Waals surface area contributed by atoms with Crippen molar-refractivity contribution in [3.05, 3.63) is 24.6 Å². The summed E-state index contributed by atoms with van der Waals surface area (Å²) in [5.41, 5.74) is 0.602. The summed E-state index contributed by atoms with van der Waals surface area (Å²) >= 11 is 0. The predicted octanol–water partition coefficient (Wildman–Crippen LogP) is 1.71. The molecule has 0 spiro atoms. The molecule has 1 saturated heterocycles. The second kappa shape index (κ2) is 5.86. The van der Waals surface area contributed by atoms with Crippen LogP contribution in [0.25, 0.3) is 11.1 Å². The summed E-state index contributed by atoms with van der Waals surface area (Å²) in [6, 6.07) is 4.66. The van der Waals surface area contributed by atoms with Crippen molar-refractivity contribution in [2.45, 2.75) is 25.7 Å². The van der Waals surface area contributed by atoms with Gasteiger partial charge in [-0.05, 0) is 12.1 Å². The Kier molecular flexibility index (Phi) is 4.13. The molecule has 1 amide bonds. The lowest BCUT2D eigenvalue weighted by Crippen LogP contribution is -2.52. The Balaban J connectivity index is 1.76. The van der Waals surface area contributed by atoms with E-state index in [1.165, 1.54) is 22.8 Å². The molecule has 1 aromatic heterocycles. The van der Waals surface area contributed by atoms with Gasteiger partial charge in [-0.3, -0.25) is 4.79 Å². The van der Waals surface area contributed by atoms with E-state index in [1.807, 2.05) is 20.8 Å². The average Bonchev–Trinajstić information content (AvgIpc) is 3.01. The largest absolute Gasteiger partial charge is 0.443 e. The Hall–Kier alpha value is -1.93. The van der Waals surface area contributed by atoms with Crippen molar-refractivity contribution in [2.24, 2.45) is 5.41 Å². The zero-order valence-corrected chi connectivity index (χ0v) is 14.8. The van der Waals surface area contributed by atoms with Crippen molar-refractivity contribution >= 4 is 27.0 Å². The van der Waals surface area contributed by atoms with Crippen LogP contribution in [0.15, 0.2) is 33.9 Å². The number of nitrogens with zero attached hydrogens (tertiary/aromatic N) is 3. The fraction of sp³-hybridized carbons (Fsp3) is 0.500. The molecule has 0 N–H and O–H groups in total. The van der Waals surface area contributed by atoms with Crippen LogP contribution < -0.4 is 0 Å². The van der Waals surface area contributed by atoms with Crippen LogP contribution >= 0.6 is 0 Å². The smallest absolute Gasteiger partial charge is 0.243 e. The van der Waals surface area contributed by atoms with Gasteiger partial charge < -0.3 is 9.32 Å². The van der Waals surface area contributed by atoms with Crippen LogP contribution in [0.4, 0.5) is 0 Å². The number of rotatable bonds is 2. The number of hydrogen-bond acceptors (Lipinski definition) is 5. The molecule has 3 rings (SSSR count). The lowest BCUT2D eigenvalue weighted by molar-refractivity contribution is -0.140. The number of benzene rings is 1. The SMILES string of the molecule is CC(C)(C)C(=O)N1CCN(S(=O)(=O)c2ccc3ncoc3c2)CC1. The molecule has 2 aromatic rings. The third-order valence-electron chi connectivity index (χ3n) is 4.11. The fourth-order valence-electron chi connectivity index (χ4n) is 2.75. The maximum Gasteiger partial charge on any atom is 0.243 e. The summed E-state index contributed by atoms with van der Waals surface area (Å²) in [5, 5.41) is 0. The highest BCUT2D eigenvalue weighted by Crippen LogP contribution is 2.24. The summed E-state index contributed by atoms with van der Waals surface area (Å²) in [4.78, 5) is 18.2. The molecule has 1 aromatic carbocycles. The number of aromatic nitrogens is 1. The summed E-state index contributed by atoms with van der Waals surface area (Å²) in [6.07, 6.45) is 1.29. The number of hydrogen-bond donors (Lipinski definition) is 0. The van der Waals surface area contributed by atoms with Crippen molar-refractivity contribution in [1.29, 1.82) is 0 Å². The van der Waals surface area contributed by atoms with Crippen molar-refractivity contribution in [2.75, 3.05) is 26.2 Å². The molecule has 2 heterocycles. The first-order chi connectivity index (χ1) is 11.2. The van der Waals surface area contributed by atoms with Crippen LogP contribution in [0.5, 0.6) is 0 Å². The van der Waals surface area contributed by atoms with Crippen LogP contribution in [0.3, 0.4) is 0 Å². The van der Waals surface area contributed by atoms with E-state index in [0.717, 1.165) is 0 Å². The number of carbonyl (C=O) groups is 1. The highest BCUT2D eigenvalue weighted by atomic mass is 32.2. The third-order valence-corrected chi connectivity index (χ3v) is 6.00. The Morgan fingerprint density at radius 3 is 2.46 bits per heavy atom. The second-order valence-electron chi connectivity index (χ2n) is 6.93. The van der Waals surface area contributed by atoms with Crippen LogP contribution in [-0.4, -0.2) is 54.7 Å². The van der Waals surface area contributed by atoms with Crippen molar-refractivity contribution in [1.82, 2.24) is 14.2 Å². The molecule has 0 aliphatic carbocycles. The number of amides is 1. The van der Waals surface area contributed by atoms with E-state index >= 15 is 0 Å². The first-order valence-corrected chi connectivity index (χ1v) is 9.26. The highest BCUT2D eigenvalue weighted by Gasteiger charge is 2.33. The van der Waals surface area contributed by atoms with E-state index in [9.17, 15) is 13.2 Å². The quantitative estimate of drug-likeness (QED) is 0.822. The Morgan fingerprint density at radius 2 is 1.83 bits per heavy atom. The zero-order chi connectivity index (χ0) is 17.5. The van der Waals surface area contributed by atoms with Crippen molar-refractivity contribution in [3.8, 4) is 0 Å². The number of oxazole rings is 1. The van der Waals surface area contributed by atoms with E-state index in [2.05, 4.69) is 4.98 Å². The molecular formula is C16H21N3O4S. The van der Waals surface area contributed by atoms with E-state index in [0.29, 0.717) is 37.3 Å². The minimum atomic E-state index is -3.61. The molecule has 8 heteroatoms. The molecule has 0 unspecified atom stereocenters. The number of fused-ring (bicyclic) bond motifs is 1. The first kappa shape index (κ1) is 16.9. The number of sulfonamides is 1. The van der Waals surface area contributed by atoms with Gasteiger partial charge in [0.1, 0.15) is 5.52 Å². The molecule has 1 aliphatic heterocycles. The first-order valence-electron chi connectivity index (χ1n) is 7.82. The molecule has 0 radical (unpaired) electrons. The molecule has 7 nitrogen and oxygen atoms in total. The summed E-state index contributed by atoms with van der Waals surface area (Å²) < 4.78 is 32.2. The molecule has 24 heavy (non-hydrogen) atoms. The van der Waals surface area contributed by atoms with Gasteiger partial charge in [0.15, 0.2) is 12.0 Å². The van der Waals surface area contributed by atoms with Gasteiger partial charge in [-0.1, -0.05) is 20.8 Å². The van der Waals surface area contributed by atoms with Crippen molar-refractivity contribution < 1.29 is 17.6 Å². The highest BCUT2D eigenvalue weighted by molar-refractivity contribution is 7.89. The molecule has 130 valence electrons. The summed E-state index contributed by atoms with van der Waals surface area (Å²) in [5.74, 6) is 0.0441.